The summed E-state index contributed by atoms with van der Waals surface area (Å²) in [6, 6.07) is 6.71. The number of nitrogens with two attached hydrogens (primary N) is 2. The lowest BCUT2D eigenvalue weighted by Crippen LogP contribution is -2.59. The lowest BCUT2D eigenvalue weighted by atomic mass is 9.95. The van der Waals surface area contributed by atoms with Crippen LogP contribution in [0.3, 0.4) is 0 Å². The van der Waals surface area contributed by atoms with Crippen LogP contribution in [0.2, 0.25) is 0 Å². The van der Waals surface area contributed by atoms with Crippen molar-refractivity contribution >= 4 is 38.0 Å². The topological polar surface area (TPSA) is 124 Å². The number of allylic oxidation sites excluding steroid dienone is 1. The highest BCUT2D eigenvalue weighted by atomic mass is 32.2. The summed E-state index contributed by atoms with van der Waals surface area (Å²) in [5.74, 6) is -0.427. The van der Waals surface area contributed by atoms with E-state index in [0.717, 1.165) is 0 Å². The number of hydrogen-bond acceptors (Lipinski definition) is 8. The summed E-state index contributed by atoms with van der Waals surface area (Å²) in [5.41, 5.74) is 12.2. The third-order valence-corrected chi connectivity index (χ3v) is 9.91. The molecule has 2 aromatic rings. The predicted octanol–water partition coefficient (Wildman–Crippen LogP) is 2.31. The van der Waals surface area contributed by atoms with Crippen LogP contribution >= 0.6 is 11.8 Å². The van der Waals surface area contributed by atoms with Gasteiger partial charge in [0, 0.05) is 29.1 Å². The molecular weight excluding hydrogens is 425 g/mol. The number of amidine groups is 1. The van der Waals surface area contributed by atoms with Gasteiger partial charge in [-0.2, -0.15) is 0 Å². The van der Waals surface area contributed by atoms with E-state index in [0.29, 0.717) is 21.8 Å². The molecule has 2 aromatic heterocycles. The summed E-state index contributed by atoms with van der Waals surface area (Å²) >= 11 is 1.23. The molecule has 7 nitrogen and oxygen atoms in total. The quantitative estimate of drug-likeness (QED) is 0.740. The Labute approximate surface area is 178 Å². The fraction of sp³-hybridized carbons (Fsp3) is 0.350. The zero-order valence-corrected chi connectivity index (χ0v) is 18.1. The van der Waals surface area contributed by atoms with Crippen LogP contribution in [-0.4, -0.2) is 46.9 Å². The largest absolute Gasteiger partial charge is 0.397 e. The molecule has 30 heavy (non-hydrogen) atoms. The lowest BCUT2D eigenvalue weighted by Gasteiger charge is -2.42. The Bertz CT molecular complexity index is 1150. The molecule has 0 spiro atoms. The zero-order chi connectivity index (χ0) is 21.7. The van der Waals surface area contributed by atoms with Gasteiger partial charge in [-0.25, -0.2) is 12.8 Å². The molecule has 0 bridgehead atoms. The second-order valence-corrected chi connectivity index (χ2v) is 11.4. The Morgan fingerprint density at radius 1 is 1.23 bits per heavy atom. The average molecular weight is 448 g/mol. The monoisotopic (exact) mass is 447 g/mol. The molecule has 4 atom stereocenters. The van der Waals surface area contributed by atoms with E-state index in [9.17, 15) is 8.42 Å². The Morgan fingerprint density at radius 2 is 2.00 bits per heavy atom. The van der Waals surface area contributed by atoms with E-state index in [1.54, 1.807) is 37.4 Å². The highest BCUT2D eigenvalue weighted by molar-refractivity contribution is 8.09. The van der Waals surface area contributed by atoms with Crippen LogP contribution in [0.1, 0.15) is 25.1 Å². The number of aromatic nitrogens is 2. The van der Waals surface area contributed by atoms with Gasteiger partial charge >= 0.3 is 0 Å². The Hall–Kier alpha value is -2.46. The van der Waals surface area contributed by atoms with Gasteiger partial charge in [-0.3, -0.25) is 15.0 Å². The van der Waals surface area contributed by atoms with Crippen LogP contribution in [-0.2, 0) is 14.6 Å². The normalized spacial score (nSPS) is 33.0. The standard InChI is InChI=1S/C20H22FN5O2S2/c1-19(17-14(21)8-15(29-17)12-7-13(22)10-24-9-12)11-30(27,28)20(2,18(23)26-19)16-5-3-4-6-25-16/h3-10,14,17H,11,22H2,1-2H3,(H2,23,26)/t14?,17?,19-,20-/m0/s1. The molecule has 0 saturated carbocycles. The highest BCUT2D eigenvalue weighted by Gasteiger charge is 2.57. The van der Waals surface area contributed by atoms with Gasteiger partial charge < -0.3 is 11.5 Å². The minimum absolute atomic E-state index is 0.0816. The number of halogens is 1. The van der Waals surface area contributed by atoms with E-state index in [1.807, 2.05) is 0 Å². The first-order valence-corrected chi connectivity index (χ1v) is 11.8. The summed E-state index contributed by atoms with van der Waals surface area (Å²) in [5, 5.41) is -0.754. The molecule has 0 radical (unpaired) electrons. The van der Waals surface area contributed by atoms with Crippen molar-refractivity contribution < 1.29 is 12.8 Å². The first-order valence-electron chi connectivity index (χ1n) is 9.30. The fourth-order valence-electron chi connectivity index (χ4n) is 3.88. The fourth-order valence-corrected chi connectivity index (χ4v) is 7.42. The number of nitrogen functional groups attached to an aromatic ring is 1. The van der Waals surface area contributed by atoms with Crippen molar-refractivity contribution in [2.24, 2.45) is 10.7 Å². The van der Waals surface area contributed by atoms with E-state index in [-0.39, 0.29) is 11.6 Å². The van der Waals surface area contributed by atoms with Crippen LogP contribution in [0, 0.1) is 0 Å². The maximum atomic E-state index is 15.1. The van der Waals surface area contributed by atoms with Gasteiger partial charge in [0.1, 0.15) is 12.0 Å². The average Bonchev–Trinajstić information content (AvgIpc) is 3.09. The van der Waals surface area contributed by atoms with Gasteiger partial charge in [0.05, 0.1) is 27.9 Å². The summed E-state index contributed by atoms with van der Waals surface area (Å²) in [6.07, 6.45) is 4.67. The molecule has 0 saturated heterocycles. The molecule has 0 amide bonds. The van der Waals surface area contributed by atoms with Crippen molar-refractivity contribution in [2.75, 3.05) is 11.5 Å². The minimum atomic E-state index is -3.84. The van der Waals surface area contributed by atoms with Crippen molar-refractivity contribution in [1.82, 2.24) is 9.97 Å². The molecule has 2 unspecified atom stereocenters. The van der Waals surface area contributed by atoms with E-state index in [2.05, 4.69) is 15.0 Å². The van der Waals surface area contributed by atoms with Gasteiger partial charge in [0.2, 0.25) is 0 Å². The van der Waals surface area contributed by atoms with Crippen molar-refractivity contribution in [2.45, 2.75) is 35.6 Å². The van der Waals surface area contributed by atoms with Gasteiger partial charge in [0.25, 0.3) is 0 Å². The van der Waals surface area contributed by atoms with Crippen LogP contribution in [0.15, 0.2) is 53.9 Å². The van der Waals surface area contributed by atoms with Crippen LogP contribution < -0.4 is 11.5 Å². The third kappa shape index (κ3) is 3.18. The van der Waals surface area contributed by atoms with E-state index >= 15 is 4.39 Å². The number of hydrogen-bond donors (Lipinski definition) is 2. The number of aliphatic imine (C=N–C) groups is 1. The van der Waals surface area contributed by atoms with Crippen molar-refractivity contribution in [3.8, 4) is 0 Å². The van der Waals surface area contributed by atoms with E-state index in [1.165, 1.54) is 37.2 Å². The van der Waals surface area contributed by atoms with Crippen molar-refractivity contribution in [3.05, 3.63) is 60.2 Å². The minimum Gasteiger partial charge on any atom is -0.397 e. The molecular formula is C20H22FN5O2S2. The summed E-state index contributed by atoms with van der Waals surface area (Å²) < 4.78 is 40.4. The maximum absolute atomic E-state index is 15.1. The zero-order valence-electron chi connectivity index (χ0n) is 16.5. The molecule has 10 heteroatoms. The van der Waals surface area contributed by atoms with E-state index in [4.69, 9.17) is 11.5 Å². The first kappa shape index (κ1) is 20.8. The predicted molar refractivity (Wildman–Crippen MR) is 118 cm³/mol. The van der Waals surface area contributed by atoms with Gasteiger partial charge in [-0.05, 0) is 38.1 Å². The molecule has 4 N–H and O–H groups in total. The van der Waals surface area contributed by atoms with Gasteiger partial charge in [0.15, 0.2) is 14.6 Å². The lowest BCUT2D eigenvalue weighted by molar-refractivity contribution is 0.325. The first-order chi connectivity index (χ1) is 14.1. The Morgan fingerprint density at radius 3 is 2.63 bits per heavy atom. The summed E-state index contributed by atoms with van der Waals surface area (Å²) in [6.45, 7) is 3.13. The van der Waals surface area contributed by atoms with E-state index < -0.39 is 31.5 Å². The molecule has 4 rings (SSSR count). The molecule has 0 aromatic carbocycles. The van der Waals surface area contributed by atoms with Crippen LogP contribution in [0.4, 0.5) is 10.1 Å². The number of rotatable bonds is 3. The smallest absolute Gasteiger partial charge is 0.171 e. The Balaban J connectivity index is 1.71. The molecule has 4 heterocycles. The second-order valence-electron chi connectivity index (χ2n) is 7.88. The number of anilines is 1. The maximum Gasteiger partial charge on any atom is 0.171 e. The summed E-state index contributed by atoms with van der Waals surface area (Å²) in [7, 11) is -3.84. The number of alkyl halides is 1. The van der Waals surface area contributed by atoms with Gasteiger partial charge in [-0.1, -0.05) is 6.07 Å². The van der Waals surface area contributed by atoms with Gasteiger partial charge in [-0.15, -0.1) is 11.8 Å². The molecule has 0 fully saturated rings. The van der Waals surface area contributed by atoms with Crippen LogP contribution in [0.25, 0.3) is 4.91 Å². The number of sulfone groups is 1. The number of pyridine rings is 2. The number of nitrogens with zero attached hydrogens (tertiary/aromatic N) is 3. The molecule has 2 aliphatic rings. The highest BCUT2D eigenvalue weighted by Crippen LogP contribution is 2.49. The SMILES string of the molecule is C[C@@]1(C2SC(c3cncc(N)c3)=CC2F)CS(=O)(=O)[C@@](C)(c2ccccn2)C(N)=N1. The Kier molecular flexibility index (Phi) is 4.89. The van der Waals surface area contributed by atoms with Crippen molar-refractivity contribution in [3.63, 3.8) is 0 Å². The molecule has 0 aliphatic carbocycles. The third-order valence-electron chi connectivity index (χ3n) is 5.63. The molecule has 2 aliphatic heterocycles. The second kappa shape index (κ2) is 7.05. The molecule has 158 valence electrons. The van der Waals surface area contributed by atoms with Crippen LogP contribution in [0.5, 0.6) is 0 Å². The summed E-state index contributed by atoms with van der Waals surface area (Å²) in [4.78, 5) is 13.4. The number of thioether (sulfide) groups is 1. The van der Waals surface area contributed by atoms with Crippen molar-refractivity contribution in [1.29, 1.82) is 0 Å².